The predicted octanol–water partition coefficient (Wildman–Crippen LogP) is 2.31. The SMILES string of the molecule is CC(C)C[C@H](O)C(=O)O.CC(C)[C@H](O)C(=O)O.O=C(O)[C@@H](O)CCc1ccccc1.O=C(O)[C@@H](O)Cc1ccccc1. The summed E-state index contributed by atoms with van der Waals surface area (Å²) in [5, 5.41) is 68.4. The Morgan fingerprint density at radius 1 is 0.571 bits per heavy atom. The van der Waals surface area contributed by atoms with Crippen LogP contribution in [-0.4, -0.2) is 89.1 Å². The van der Waals surface area contributed by atoms with Gasteiger partial charge in [-0.25, -0.2) is 19.2 Å². The number of benzene rings is 2. The maximum atomic E-state index is 10.3. The number of hydrogen-bond acceptors (Lipinski definition) is 8. The van der Waals surface area contributed by atoms with Gasteiger partial charge in [-0.1, -0.05) is 88.4 Å². The zero-order chi connectivity index (χ0) is 32.8. The van der Waals surface area contributed by atoms with Crippen molar-refractivity contribution in [2.45, 2.75) is 77.8 Å². The van der Waals surface area contributed by atoms with Crippen LogP contribution in [0, 0.1) is 11.8 Å². The lowest BCUT2D eigenvalue weighted by Crippen LogP contribution is -2.25. The Hall–Kier alpha value is -3.84. The van der Waals surface area contributed by atoms with Gasteiger partial charge < -0.3 is 40.9 Å². The number of aryl methyl sites for hydroxylation is 1. The van der Waals surface area contributed by atoms with Crippen LogP contribution in [0.4, 0.5) is 0 Å². The first-order valence-corrected chi connectivity index (χ1v) is 13.2. The molecule has 12 heteroatoms. The molecular formula is C30H44O12. The Morgan fingerprint density at radius 2 is 0.976 bits per heavy atom. The van der Waals surface area contributed by atoms with Crippen LogP contribution in [0.5, 0.6) is 0 Å². The standard InChI is InChI=1S/C10H12O3.C9H10O3.C6H12O3.C5H10O3/c11-9(10(12)13)7-6-8-4-2-1-3-5-8;10-8(9(11)12)6-7-4-2-1-3-5-7;1-4(2)3-5(7)6(8)9;1-3(2)4(6)5(7)8/h1-5,9,11H,6-7H2,(H,12,13);1-5,8,10H,6H2,(H,11,12);4-5,7H,3H2,1-2H3,(H,8,9);3-4,6H,1-2H3,(H,7,8)/t9-;8-;5-;4-/m0000/s1. The molecule has 2 aromatic rings. The fourth-order valence-corrected chi connectivity index (χ4v) is 2.83. The van der Waals surface area contributed by atoms with E-state index in [1.165, 1.54) is 0 Å². The average Bonchev–Trinajstić information content (AvgIpc) is 2.92. The third-order valence-corrected chi connectivity index (χ3v) is 5.26. The molecule has 0 fully saturated rings. The topological polar surface area (TPSA) is 230 Å². The Kier molecular flexibility index (Phi) is 21.9. The van der Waals surface area contributed by atoms with Crippen LogP contribution in [0.15, 0.2) is 60.7 Å². The summed E-state index contributed by atoms with van der Waals surface area (Å²) in [6.07, 6.45) is -3.60. The van der Waals surface area contributed by atoms with E-state index in [2.05, 4.69) is 0 Å². The molecule has 4 atom stereocenters. The molecule has 0 aliphatic carbocycles. The average molecular weight is 597 g/mol. The molecule has 0 aromatic heterocycles. The Morgan fingerprint density at radius 3 is 1.26 bits per heavy atom. The second kappa shape index (κ2) is 22.8. The summed E-state index contributed by atoms with van der Waals surface area (Å²) in [7, 11) is 0. The minimum Gasteiger partial charge on any atom is -0.479 e. The lowest BCUT2D eigenvalue weighted by molar-refractivity contribution is -0.149. The van der Waals surface area contributed by atoms with E-state index in [9.17, 15) is 19.2 Å². The van der Waals surface area contributed by atoms with Crippen LogP contribution >= 0.6 is 0 Å². The molecule has 0 bridgehead atoms. The lowest BCUT2D eigenvalue weighted by atomic mass is 10.1. The monoisotopic (exact) mass is 596 g/mol. The minimum atomic E-state index is -1.30. The minimum absolute atomic E-state index is 0.163. The number of aliphatic carboxylic acids is 4. The maximum Gasteiger partial charge on any atom is 0.332 e. The third kappa shape index (κ3) is 21.9. The van der Waals surface area contributed by atoms with Crippen molar-refractivity contribution in [2.24, 2.45) is 11.8 Å². The zero-order valence-electron chi connectivity index (χ0n) is 24.3. The molecule has 236 valence electrons. The fraction of sp³-hybridized carbons (Fsp3) is 0.467. The highest BCUT2D eigenvalue weighted by molar-refractivity contribution is 5.73. The number of carboxylic acid groups (broad SMARTS) is 4. The summed E-state index contributed by atoms with van der Waals surface area (Å²) in [5.74, 6) is -4.60. The molecule has 0 aliphatic heterocycles. The first kappa shape index (κ1) is 40.3. The van der Waals surface area contributed by atoms with Crippen molar-refractivity contribution in [1.29, 1.82) is 0 Å². The molecule has 0 heterocycles. The lowest BCUT2D eigenvalue weighted by Gasteiger charge is -2.06. The summed E-state index contributed by atoms with van der Waals surface area (Å²) < 4.78 is 0. The highest BCUT2D eigenvalue weighted by atomic mass is 16.4. The number of carbonyl (C=O) groups is 4. The van der Waals surface area contributed by atoms with E-state index in [4.69, 9.17) is 40.9 Å². The molecule has 0 saturated carbocycles. The third-order valence-electron chi connectivity index (χ3n) is 5.26. The predicted molar refractivity (Wildman–Crippen MR) is 154 cm³/mol. The zero-order valence-corrected chi connectivity index (χ0v) is 24.3. The number of hydrogen-bond donors (Lipinski definition) is 8. The number of aliphatic hydroxyl groups excluding tert-OH is 4. The summed E-state index contributed by atoms with van der Waals surface area (Å²) >= 11 is 0. The van der Waals surface area contributed by atoms with Crippen LogP contribution < -0.4 is 0 Å². The van der Waals surface area contributed by atoms with Crippen LogP contribution in [0.2, 0.25) is 0 Å². The van der Waals surface area contributed by atoms with Gasteiger partial charge in [0.05, 0.1) is 0 Å². The van der Waals surface area contributed by atoms with Gasteiger partial charge >= 0.3 is 23.9 Å². The normalized spacial score (nSPS) is 13.0. The Bertz CT molecular complexity index is 1030. The van der Waals surface area contributed by atoms with Crippen molar-refractivity contribution in [1.82, 2.24) is 0 Å². The van der Waals surface area contributed by atoms with Crippen molar-refractivity contribution in [3.8, 4) is 0 Å². The van der Waals surface area contributed by atoms with E-state index >= 15 is 0 Å². The first-order chi connectivity index (χ1) is 19.5. The highest BCUT2D eigenvalue weighted by Gasteiger charge is 2.16. The van der Waals surface area contributed by atoms with Gasteiger partial charge in [-0.15, -0.1) is 0 Å². The molecule has 0 aliphatic rings. The van der Waals surface area contributed by atoms with Gasteiger partial charge in [-0.3, -0.25) is 0 Å². The smallest absolute Gasteiger partial charge is 0.332 e. The van der Waals surface area contributed by atoms with Crippen molar-refractivity contribution in [2.75, 3.05) is 0 Å². The molecular weight excluding hydrogens is 552 g/mol. The van der Waals surface area contributed by atoms with Crippen molar-refractivity contribution < 1.29 is 60.0 Å². The van der Waals surface area contributed by atoms with E-state index in [0.29, 0.717) is 12.8 Å². The largest absolute Gasteiger partial charge is 0.479 e. The molecule has 42 heavy (non-hydrogen) atoms. The highest BCUT2D eigenvalue weighted by Crippen LogP contribution is 2.05. The summed E-state index contributed by atoms with van der Waals surface area (Å²) in [5.41, 5.74) is 1.87. The van der Waals surface area contributed by atoms with Gasteiger partial charge in [0, 0.05) is 6.42 Å². The Balaban J connectivity index is 0. The first-order valence-electron chi connectivity index (χ1n) is 13.2. The second-order valence-electron chi connectivity index (χ2n) is 9.93. The quantitative estimate of drug-likeness (QED) is 0.176. The molecule has 0 saturated heterocycles. The van der Waals surface area contributed by atoms with E-state index < -0.39 is 48.3 Å². The van der Waals surface area contributed by atoms with E-state index in [1.807, 2.05) is 62.4 Å². The maximum absolute atomic E-state index is 10.3. The number of carboxylic acids is 4. The summed E-state index contributed by atoms with van der Waals surface area (Å²) in [6, 6.07) is 18.5. The molecule has 0 radical (unpaired) electrons. The van der Waals surface area contributed by atoms with Gasteiger partial charge in [0.15, 0.2) is 24.4 Å². The molecule has 0 unspecified atom stereocenters. The second-order valence-corrected chi connectivity index (χ2v) is 9.93. The Labute approximate surface area is 245 Å². The number of rotatable bonds is 12. The molecule has 8 N–H and O–H groups in total. The van der Waals surface area contributed by atoms with Gasteiger partial charge in [0.25, 0.3) is 0 Å². The van der Waals surface area contributed by atoms with Gasteiger partial charge in [0.1, 0.15) is 0 Å². The summed E-state index contributed by atoms with van der Waals surface area (Å²) in [6.45, 7) is 7.04. The van der Waals surface area contributed by atoms with E-state index in [1.54, 1.807) is 26.0 Å². The van der Waals surface area contributed by atoms with Crippen LogP contribution in [0.1, 0.15) is 51.7 Å². The van der Waals surface area contributed by atoms with Crippen LogP contribution in [0.25, 0.3) is 0 Å². The van der Waals surface area contributed by atoms with Crippen LogP contribution in [-0.2, 0) is 32.0 Å². The van der Waals surface area contributed by atoms with Gasteiger partial charge in [-0.05, 0) is 42.2 Å². The van der Waals surface area contributed by atoms with Gasteiger partial charge in [0.2, 0.25) is 0 Å². The molecule has 2 rings (SSSR count). The van der Waals surface area contributed by atoms with E-state index in [0.717, 1.165) is 11.1 Å². The van der Waals surface area contributed by atoms with Crippen molar-refractivity contribution in [3.63, 3.8) is 0 Å². The molecule has 0 spiro atoms. The van der Waals surface area contributed by atoms with Crippen molar-refractivity contribution >= 4 is 23.9 Å². The molecule has 12 nitrogen and oxygen atoms in total. The molecule has 0 amide bonds. The number of aliphatic hydroxyl groups is 4. The summed E-state index contributed by atoms with van der Waals surface area (Å²) in [4.78, 5) is 40.4. The van der Waals surface area contributed by atoms with Crippen LogP contribution in [0.3, 0.4) is 0 Å². The van der Waals surface area contributed by atoms with E-state index in [-0.39, 0.29) is 24.7 Å². The molecule has 2 aromatic carbocycles. The van der Waals surface area contributed by atoms with Gasteiger partial charge in [-0.2, -0.15) is 0 Å². The van der Waals surface area contributed by atoms with Crippen molar-refractivity contribution in [3.05, 3.63) is 71.8 Å². The fourth-order valence-electron chi connectivity index (χ4n) is 2.83.